The van der Waals surface area contributed by atoms with E-state index in [9.17, 15) is 14.7 Å². The van der Waals surface area contributed by atoms with Gasteiger partial charge in [0.1, 0.15) is 5.51 Å². The molecule has 0 aliphatic carbocycles. The van der Waals surface area contributed by atoms with E-state index in [0.717, 1.165) is 0 Å². The number of aliphatic carboxylic acids is 1. The minimum Gasteiger partial charge on any atom is -0.481 e. The van der Waals surface area contributed by atoms with Crippen LogP contribution in [0, 0.1) is 5.92 Å². The average molecular weight is 310 g/mol. The highest BCUT2D eigenvalue weighted by molar-refractivity contribution is 7.14. The van der Waals surface area contributed by atoms with Crippen LogP contribution in [0.25, 0.3) is 4.96 Å². The zero-order valence-electron chi connectivity index (χ0n) is 11.3. The third kappa shape index (κ3) is 2.67. The Morgan fingerprint density at radius 1 is 1.62 bits per heavy atom. The molecule has 1 aliphatic rings. The number of carbonyl (C=O) groups is 1. The van der Waals surface area contributed by atoms with Gasteiger partial charge in [-0.25, -0.2) is 4.98 Å². The molecule has 3 heterocycles. The number of rotatable bonds is 4. The zero-order chi connectivity index (χ0) is 15.0. The van der Waals surface area contributed by atoms with Gasteiger partial charge in [0.25, 0.3) is 5.56 Å². The first-order valence-corrected chi connectivity index (χ1v) is 7.27. The van der Waals surface area contributed by atoms with Crippen LogP contribution in [0.3, 0.4) is 0 Å². The number of aromatic nitrogens is 3. The molecule has 2 aromatic rings. The molecule has 0 aromatic carbocycles. The molecule has 0 radical (unpaired) electrons. The minimum absolute atomic E-state index is 0.217. The Labute approximate surface area is 123 Å². The number of hydrogen-bond donors (Lipinski definition) is 1. The summed E-state index contributed by atoms with van der Waals surface area (Å²) in [4.78, 5) is 29.8. The van der Waals surface area contributed by atoms with Crippen LogP contribution in [0.15, 0.2) is 16.4 Å². The normalized spacial score (nSPS) is 22.2. The summed E-state index contributed by atoms with van der Waals surface area (Å²) < 4.78 is 6.50. The summed E-state index contributed by atoms with van der Waals surface area (Å²) in [5.74, 6) is -1.42. The second-order valence-electron chi connectivity index (χ2n) is 4.98. The van der Waals surface area contributed by atoms with Crippen molar-refractivity contribution in [2.75, 3.05) is 20.3 Å². The maximum Gasteiger partial charge on any atom is 0.310 e. The van der Waals surface area contributed by atoms with Crippen molar-refractivity contribution in [1.29, 1.82) is 0 Å². The highest BCUT2D eigenvalue weighted by atomic mass is 32.1. The van der Waals surface area contributed by atoms with Crippen LogP contribution in [0.5, 0.6) is 0 Å². The van der Waals surface area contributed by atoms with Crippen molar-refractivity contribution >= 4 is 22.3 Å². The van der Waals surface area contributed by atoms with Crippen molar-refractivity contribution in [3.05, 3.63) is 27.6 Å². The Bertz CT molecular complexity index is 727. The average Bonchev–Trinajstić information content (AvgIpc) is 3.07. The second-order valence-corrected chi connectivity index (χ2v) is 5.80. The van der Waals surface area contributed by atoms with E-state index in [1.54, 1.807) is 5.51 Å². The summed E-state index contributed by atoms with van der Waals surface area (Å²) in [7, 11) is 1.81. The first-order valence-electron chi connectivity index (χ1n) is 6.39. The van der Waals surface area contributed by atoms with Gasteiger partial charge in [-0.15, -0.1) is 0 Å². The van der Waals surface area contributed by atoms with Crippen molar-refractivity contribution in [3.8, 4) is 0 Å². The van der Waals surface area contributed by atoms with Gasteiger partial charge in [0.15, 0.2) is 0 Å². The summed E-state index contributed by atoms with van der Waals surface area (Å²) in [6.45, 7) is 0.977. The Hall–Kier alpha value is -1.84. The van der Waals surface area contributed by atoms with Gasteiger partial charge in [0, 0.05) is 18.7 Å². The predicted octanol–water partition coefficient (Wildman–Crippen LogP) is -0.318. The first kappa shape index (κ1) is 14.1. The van der Waals surface area contributed by atoms with E-state index < -0.39 is 11.9 Å². The van der Waals surface area contributed by atoms with Crippen LogP contribution in [0.4, 0.5) is 0 Å². The van der Waals surface area contributed by atoms with Crippen molar-refractivity contribution in [1.82, 2.24) is 19.5 Å². The van der Waals surface area contributed by atoms with Gasteiger partial charge in [0.05, 0.1) is 24.8 Å². The molecule has 9 heteroatoms. The number of nitrogens with zero attached hydrogens (tertiary/aromatic N) is 4. The zero-order valence-corrected chi connectivity index (χ0v) is 12.1. The van der Waals surface area contributed by atoms with E-state index >= 15 is 0 Å². The molecule has 21 heavy (non-hydrogen) atoms. The minimum atomic E-state index is -0.865. The molecule has 0 saturated carbocycles. The molecule has 1 saturated heterocycles. The van der Waals surface area contributed by atoms with Gasteiger partial charge in [-0.1, -0.05) is 11.3 Å². The quantitative estimate of drug-likeness (QED) is 0.826. The number of likely N-dealkylation sites (N-methyl/N-ethyl adjacent to an activating group) is 1. The Morgan fingerprint density at radius 3 is 3.19 bits per heavy atom. The fourth-order valence-corrected chi connectivity index (χ4v) is 3.11. The summed E-state index contributed by atoms with van der Waals surface area (Å²) in [5.41, 5.74) is 1.92. The molecule has 1 fully saturated rings. The summed E-state index contributed by atoms with van der Waals surface area (Å²) in [5, 5.41) is 13.1. The third-order valence-electron chi connectivity index (χ3n) is 3.59. The number of fused-ring (bicyclic) bond motifs is 1. The van der Waals surface area contributed by atoms with Crippen molar-refractivity contribution in [2.45, 2.75) is 12.6 Å². The number of hydrogen-bond acceptors (Lipinski definition) is 7. The topological polar surface area (TPSA) is 97.0 Å². The lowest BCUT2D eigenvalue weighted by molar-refractivity contribution is -0.143. The lowest BCUT2D eigenvalue weighted by Gasteiger charge is -2.25. The van der Waals surface area contributed by atoms with E-state index in [0.29, 0.717) is 23.8 Å². The molecular formula is C12H14N4O4S. The molecule has 2 unspecified atom stereocenters. The Kier molecular flexibility index (Phi) is 3.70. The fraction of sp³-hybridized carbons (Fsp3) is 0.500. The molecule has 3 rings (SSSR count). The van der Waals surface area contributed by atoms with E-state index in [-0.39, 0.29) is 18.2 Å². The standard InChI is InChI=1S/C12H14N4O4S/c1-15(9-5-20-4-8(9)11(18)19)3-7-2-10(17)16-12(14-7)21-6-13-16/h2,6,8-9H,3-5H2,1H3,(H,18,19). The molecule has 0 amide bonds. The number of carboxylic acid groups (broad SMARTS) is 1. The van der Waals surface area contributed by atoms with Gasteiger partial charge in [-0.05, 0) is 7.05 Å². The first-order chi connectivity index (χ1) is 10.1. The fourth-order valence-electron chi connectivity index (χ4n) is 2.47. The van der Waals surface area contributed by atoms with Crippen LogP contribution in [-0.2, 0) is 16.1 Å². The Balaban J connectivity index is 1.81. The number of carboxylic acids is 1. The number of ether oxygens (including phenoxy) is 1. The highest BCUT2D eigenvalue weighted by Gasteiger charge is 2.36. The third-order valence-corrected chi connectivity index (χ3v) is 4.26. The van der Waals surface area contributed by atoms with Gasteiger partial charge in [-0.3, -0.25) is 14.5 Å². The molecule has 0 bridgehead atoms. The van der Waals surface area contributed by atoms with Gasteiger partial charge >= 0.3 is 5.97 Å². The molecule has 2 atom stereocenters. The smallest absolute Gasteiger partial charge is 0.310 e. The van der Waals surface area contributed by atoms with Crippen LogP contribution in [0.2, 0.25) is 0 Å². The largest absolute Gasteiger partial charge is 0.481 e. The second kappa shape index (κ2) is 5.51. The van der Waals surface area contributed by atoms with E-state index in [4.69, 9.17) is 4.74 Å². The Morgan fingerprint density at radius 2 is 2.43 bits per heavy atom. The van der Waals surface area contributed by atoms with E-state index in [1.807, 2.05) is 11.9 Å². The van der Waals surface area contributed by atoms with Gasteiger partial charge in [-0.2, -0.15) is 9.61 Å². The molecule has 1 N–H and O–H groups in total. The molecule has 112 valence electrons. The molecular weight excluding hydrogens is 296 g/mol. The molecule has 2 aromatic heterocycles. The maximum atomic E-state index is 11.9. The summed E-state index contributed by atoms with van der Waals surface area (Å²) in [6.07, 6.45) is 0. The van der Waals surface area contributed by atoms with Crippen molar-refractivity contribution in [3.63, 3.8) is 0 Å². The van der Waals surface area contributed by atoms with Crippen molar-refractivity contribution in [2.24, 2.45) is 5.92 Å². The van der Waals surface area contributed by atoms with Crippen molar-refractivity contribution < 1.29 is 14.6 Å². The van der Waals surface area contributed by atoms with Crippen LogP contribution in [-0.4, -0.2) is 56.9 Å². The molecule has 8 nitrogen and oxygen atoms in total. The maximum absolute atomic E-state index is 11.9. The predicted molar refractivity (Wildman–Crippen MR) is 74.3 cm³/mol. The molecule has 0 spiro atoms. The van der Waals surface area contributed by atoms with Gasteiger partial charge in [0.2, 0.25) is 4.96 Å². The lowest BCUT2D eigenvalue weighted by Crippen LogP contribution is -2.40. The van der Waals surface area contributed by atoms with Crippen LogP contribution in [0.1, 0.15) is 5.69 Å². The van der Waals surface area contributed by atoms with Gasteiger partial charge < -0.3 is 9.84 Å². The highest BCUT2D eigenvalue weighted by Crippen LogP contribution is 2.20. The van der Waals surface area contributed by atoms with E-state index in [1.165, 1.54) is 21.9 Å². The summed E-state index contributed by atoms with van der Waals surface area (Å²) >= 11 is 1.28. The monoisotopic (exact) mass is 310 g/mol. The SMILES string of the molecule is CN(Cc1cc(=O)n2ncsc2n1)C1COCC1C(=O)O. The molecule has 1 aliphatic heterocycles. The lowest BCUT2D eigenvalue weighted by atomic mass is 10.0. The van der Waals surface area contributed by atoms with Crippen LogP contribution >= 0.6 is 11.3 Å². The van der Waals surface area contributed by atoms with Crippen LogP contribution < -0.4 is 5.56 Å². The summed E-state index contributed by atoms with van der Waals surface area (Å²) in [6, 6.07) is 1.21. The van der Waals surface area contributed by atoms with E-state index in [2.05, 4.69) is 10.1 Å².